The molecule has 5 heteroatoms. The Morgan fingerprint density at radius 3 is 2.77 bits per heavy atom. The van der Waals surface area contributed by atoms with Crippen molar-refractivity contribution >= 4 is 22.4 Å². The van der Waals surface area contributed by atoms with Crippen LogP contribution >= 0.6 is 11.3 Å². The van der Waals surface area contributed by atoms with E-state index in [2.05, 4.69) is 17.2 Å². The van der Waals surface area contributed by atoms with Crippen molar-refractivity contribution in [3.8, 4) is 11.3 Å². The van der Waals surface area contributed by atoms with Crippen LogP contribution in [-0.4, -0.2) is 30.6 Å². The topological polar surface area (TPSA) is 42.4 Å². The summed E-state index contributed by atoms with van der Waals surface area (Å²) in [6, 6.07) is 7.97. The molecule has 0 bridgehead atoms. The molecule has 0 N–H and O–H groups in total. The Bertz CT molecular complexity index is 651. The van der Waals surface area contributed by atoms with Gasteiger partial charge in [0, 0.05) is 23.5 Å². The van der Waals surface area contributed by atoms with E-state index in [1.807, 2.05) is 12.1 Å². The summed E-state index contributed by atoms with van der Waals surface area (Å²) in [6.07, 6.45) is 3.79. The van der Waals surface area contributed by atoms with Gasteiger partial charge in [0.1, 0.15) is 0 Å². The number of nitrogens with zero attached hydrogens (tertiary/aromatic N) is 2. The van der Waals surface area contributed by atoms with Gasteiger partial charge in [0.05, 0.1) is 18.4 Å². The van der Waals surface area contributed by atoms with Crippen LogP contribution in [0.2, 0.25) is 0 Å². The molecule has 0 unspecified atom stereocenters. The Balaban J connectivity index is 1.80. The molecule has 1 aromatic carbocycles. The number of piperidine rings is 1. The molecule has 22 heavy (non-hydrogen) atoms. The first kappa shape index (κ1) is 15.0. The first-order chi connectivity index (χ1) is 10.7. The lowest BCUT2D eigenvalue weighted by Gasteiger charge is -2.33. The van der Waals surface area contributed by atoms with Gasteiger partial charge in [0.15, 0.2) is 5.13 Å². The monoisotopic (exact) mass is 316 g/mol. The summed E-state index contributed by atoms with van der Waals surface area (Å²) < 4.78 is 4.72. The molecule has 0 radical (unpaired) electrons. The molecule has 0 aliphatic carbocycles. The van der Waals surface area contributed by atoms with Gasteiger partial charge in [-0.2, -0.15) is 0 Å². The lowest BCUT2D eigenvalue weighted by atomic mass is 10.0. The highest BCUT2D eigenvalue weighted by molar-refractivity contribution is 7.14. The van der Waals surface area contributed by atoms with E-state index < -0.39 is 0 Å². The van der Waals surface area contributed by atoms with Gasteiger partial charge in [-0.25, -0.2) is 9.78 Å². The average molecular weight is 316 g/mol. The smallest absolute Gasteiger partial charge is 0.337 e. The van der Waals surface area contributed by atoms with E-state index in [9.17, 15) is 4.79 Å². The first-order valence-corrected chi connectivity index (χ1v) is 8.48. The number of rotatable bonds is 3. The second kappa shape index (κ2) is 6.48. The number of methoxy groups -OCH3 is 1. The van der Waals surface area contributed by atoms with Crippen molar-refractivity contribution in [2.75, 3.05) is 18.6 Å². The molecule has 1 aromatic heterocycles. The molecule has 1 aliphatic heterocycles. The van der Waals surface area contributed by atoms with Crippen LogP contribution in [0.3, 0.4) is 0 Å². The van der Waals surface area contributed by atoms with Crippen LogP contribution in [0.15, 0.2) is 29.6 Å². The maximum Gasteiger partial charge on any atom is 0.337 e. The predicted molar refractivity (Wildman–Crippen MR) is 89.5 cm³/mol. The third-order valence-electron chi connectivity index (χ3n) is 4.14. The number of anilines is 1. The summed E-state index contributed by atoms with van der Waals surface area (Å²) in [5.41, 5.74) is 2.56. The third kappa shape index (κ3) is 2.99. The molecule has 3 rings (SSSR count). The number of aromatic nitrogens is 1. The zero-order valence-corrected chi connectivity index (χ0v) is 13.7. The van der Waals surface area contributed by atoms with Crippen LogP contribution in [0.1, 0.15) is 36.5 Å². The van der Waals surface area contributed by atoms with Crippen molar-refractivity contribution in [1.29, 1.82) is 0 Å². The van der Waals surface area contributed by atoms with Crippen LogP contribution in [0.5, 0.6) is 0 Å². The predicted octanol–water partition coefficient (Wildman–Crippen LogP) is 3.98. The minimum absolute atomic E-state index is 0.312. The van der Waals surface area contributed by atoms with E-state index in [1.54, 1.807) is 23.5 Å². The maximum absolute atomic E-state index is 11.5. The van der Waals surface area contributed by atoms with Gasteiger partial charge in [-0.05, 0) is 38.3 Å². The van der Waals surface area contributed by atoms with E-state index in [0.717, 1.165) is 22.9 Å². The fourth-order valence-electron chi connectivity index (χ4n) is 2.81. The second-order valence-corrected chi connectivity index (χ2v) is 6.46. The van der Waals surface area contributed by atoms with Crippen molar-refractivity contribution in [1.82, 2.24) is 4.98 Å². The van der Waals surface area contributed by atoms with E-state index in [1.165, 1.54) is 26.4 Å². The fraction of sp³-hybridized carbons (Fsp3) is 0.412. The van der Waals surface area contributed by atoms with Crippen molar-refractivity contribution in [2.24, 2.45) is 0 Å². The van der Waals surface area contributed by atoms with E-state index in [4.69, 9.17) is 9.72 Å². The van der Waals surface area contributed by atoms with Crippen LogP contribution in [0.25, 0.3) is 11.3 Å². The molecule has 1 atom stereocenters. The number of hydrogen-bond donors (Lipinski definition) is 0. The number of benzene rings is 1. The van der Waals surface area contributed by atoms with Crippen molar-refractivity contribution in [3.05, 3.63) is 35.2 Å². The number of carbonyl (C=O) groups excluding carboxylic acids is 1. The highest BCUT2D eigenvalue weighted by Gasteiger charge is 2.21. The summed E-state index contributed by atoms with van der Waals surface area (Å²) in [6.45, 7) is 3.36. The fourth-order valence-corrected chi connectivity index (χ4v) is 3.77. The third-order valence-corrected chi connectivity index (χ3v) is 5.02. The Labute approximate surface area is 134 Å². The van der Waals surface area contributed by atoms with Gasteiger partial charge in [-0.15, -0.1) is 11.3 Å². The van der Waals surface area contributed by atoms with E-state index >= 15 is 0 Å². The molecule has 0 amide bonds. The molecule has 1 aliphatic rings. The van der Waals surface area contributed by atoms with Crippen molar-refractivity contribution < 1.29 is 9.53 Å². The summed E-state index contributed by atoms with van der Waals surface area (Å²) in [5.74, 6) is -0.312. The molecule has 0 saturated carbocycles. The molecular weight excluding hydrogens is 296 g/mol. The second-order valence-electron chi connectivity index (χ2n) is 5.62. The maximum atomic E-state index is 11.5. The Morgan fingerprint density at radius 1 is 1.32 bits per heavy atom. The van der Waals surface area contributed by atoms with Gasteiger partial charge >= 0.3 is 5.97 Å². The summed E-state index contributed by atoms with van der Waals surface area (Å²) in [7, 11) is 1.39. The molecule has 2 aromatic rings. The van der Waals surface area contributed by atoms with Crippen LogP contribution < -0.4 is 4.90 Å². The van der Waals surface area contributed by atoms with Crippen molar-refractivity contribution in [3.63, 3.8) is 0 Å². The number of esters is 1. The zero-order valence-electron chi connectivity index (χ0n) is 12.9. The lowest BCUT2D eigenvalue weighted by Crippen LogP contribution is -2.37. The first-order valence-electron chi connectivity index (χ1n) is 7.60. The van der Waals surface area contributed by atoms with Gasteiger partial charge in [-0.3, -0.25) is 0 Å². The van der Waals surface area contributed by atoms with Gasteiger partial charge in [0.25, 0.3) is 0 Å². The summed E-state index contributed by atoms with van der Waals surface area (Å²) in [5, 5.41) is 3.18. The van der Waals surface area contributed by atoms with E-state index in [-0.39, 0.29) is 5.97 Å². The standard InChI is InChI=1S/C17H20N2O2S/c1-12-5-3-4-10-19(12)17-18-15(11-22-17)13-6-8-14(9-7-13)16(20)21-2/h6-9,11-12H,3-5,10H2,1-2H3/t12-/m1/s1. The van der Waals surface area contributed by atoms with Crippen molar-refractivity contribution in [2.45, 2.75) is 32.2 Å². The average Bonchev–Trinajstić information content (AvgIpc) is 3.04. The van der Waals surface area contributed by atoms with Gasteiger partial charge in [-0.1, -0.05) is 12.1 Å². The normalized spacial score (nSPS) is 18.3. The summed E-state index contributed by atoms with van der Waals surface area (Å²) in [4.78, 5) is 18.6. The van der Waals surface area contributed by atoms with Gasteiger partial charge < -0.3 is 9.64 Å². The molecule has 0 spiro atoms. The number of ether oxygens (including phenoxy) is 1. The minimum Gasteiger partial charge on any atom is -0.465 e. The zero-order chi connectivity index (χ0) is 15.5. The van der Waals surface area contributed by atoms with Crippen LogP contribution in [0.4, 0.5) is 5.13 Å². The highest BCUT2D eigenvalue weighted by atomic mass is 32.1. The molecule has 4 nitrogen and oxygen atoms in total. The quantitative estimate of drug-likeness (QED) is 0.803. The van der Waals surface area contributed by atoms with E-state index in [0.29, 0.717) is 11.6 Å². The Kier molecular flexibility index (Phi) is 4.43. The molecule has 1 saturated heterocycles. The SMILES string of the molecule is COC(=O)c1ccc(-c2csc(N3CCCC[C@H]3C)n2)cc1. The number of hydrogen-bond acceptors (Lipinski definition) is 5. The summed E-state index contributed by atoms with van der Waals surface area (Å²) >= 11 is 1.69. The minimum atomic E-state index is -0.312. The highest BCUT2D eigenvalue weighted by Crippen LogP contribution is 2.31. The number of thiazole rings is 1. The van der Waals surface area contributed by atoms with Crippen LogP contribution in [0, 0.1) is 0 Å². The van der Waals surface area contributed by atoms with Crippen LogP contribution in [-0.2, 0) is 4.74 Å². The number of carbonyl (C=O) groups is 1. The largest absolute Gasteiger partial charge is 0.465 e. The lowest BCUT2D eigenvalue weighted by molar-refractivity contribution is 0.0601. The molecular formula is C17H20N2O2S. The Morgan fingerprint density at radius 2 is 2.09 bits per heavy atom. The Hall–Kier alpha value is -1.88. The molecule has 116 valence electrons. The van der Waals surface area contributed by atoms with Gasteiger partial charge in [0.2, 0.25) is 0 Å². The molecule has 2 heterocycles. The molecule has 1 fully saturated rings.